The maximum atomic E-state index is 9.56. The van der Waals surface area contributed by atoms with Crippen molar-refractivity contribution in [3.63, 3.8) is 0 Å². The molecule has 12 heavy (non-hydrogen) atoms. The minimum absolute atomic E-state index is 0.216. The molecule has 0 aliphatic heterocycles. The smallest absolute Gasteiger partial charge is 0.466 e. The third-order valence-electron chi connectivity index (χ3n) is 0.366. The normalized spacial score (nSPS) is 10.7. The van der Waals surface area contributed by atoms with Gasteiger partial charge in [-0.25, -0.2) is 9.36 Å². The Balaban J connectivity index is 0. The zero-order valence-corrected chi connectivity index (χ0v) is 6.76. The number of aliphatic hydroxyl groups is 1. The molecule has 72 valence electrons. The Morgan fingerprint density at radius 3 is 1.75 bits per heavy atom. The minimum atomic E-state index is -4.64. The van der Waals surface area contributed by atoms with Crippen molar-refractivity contribution in [1.29, 1.82) is 0 Å². The summed E-state index contributed by atoms with van der Waals surface area (Å²) in [6, 6.07) is 0. The second kappa shape index (κ2) is 6.96. The van der Waals surface area contributed by atoms with Crippen molar-refractivity contribution in [1.82, 2.24) is 0 Å². The van der Waals surface area contributed by atoms with E-state index in [-0.39, 0.29) is 6.61 Å². The fraction of sp³-hybridized carbons (Fsp3) is 0.250. The van der Waals surface area contributed by atoms with E-state index in [0.717, 1.165) is 12.2 Å². The highest BCUT2D eigenvalue weighted by Gasteiger charge is 2.00. The molecule has 0 saturated heterocycles. The average Bonchev–Trinajstić information content (AvgIpc) is 1.79. The summed E-state index contributed by atoms with van der Waals surface area (Å²) < 4.78 is 8.88. The van der Waals surface area contributed by atoms with Crippen LogP contribution in [-0.2, 0) is 9.36 Å². The molecule has 0 fully saturated rings. The molecule has 0 aromatic carbocycles. The van der Waals surface area contributed by atoms with E-state index in [4.69, 9.17) is 29.5 Å². The highest BCUT2D eigenvalue weighted by Crippen LogP contribution is 2.25. The molecule has 0 aromatic rings. The number of carbonyl (C=O) groups is 1. The van der Waals surface area contributed by atoms with Crippen molar-refractivity contribution in [2.24, 2.45) is 0 Å². The van der Waals surface area contributed by atoms with Crippen LogP contribution in [0.1, 0.15) is 0 Å². The van der Waals surface area contributed by atoms with E-state index in [1.165, 1.54) is 0 Å². The van der Waals surface area contributed by atoms with E-state index in [1.54, 1.807) is 0 Å². The summed E-state index contributed by atoms with van der Waals surface area (Å²) in [5.74, 6) is -1.03. The molecule has 0 atom stereocenters. The molecule has 0 spiro atoms. The van der Waals surface area contributed by atoms with Gasteiger partial charge in [0, 0.05) is 6.08 Å². The highest BCUT2D eigenvalue weighted by atomic mass is 31.2. The van der Waals surface area contributed by atoms with Crippen LogP contribution in [0.4, 0.5) is 0 Å². The number of carboxylic acid groups (broad SMARTS) is 1. The fourth-order valence-electron chi connectivity index (χ4n) is 0.154. The number of aliphatic hydroxyl groups excluding tert-OH is 1. The number of phosphoric acid groups is 1. The third kappa shape index (κ3) is 59.1. The van der Waals surface area contributed by atoms with E-state index in [0.29, 0.717) is 0 Å². The molecule has 0 aliphatic carbocycles. The van der Waals surface area contributed by atoms with Gasteiger partial charge >= 0.3 is 13.8 Å². The number of rotatable bonds is 2. The SMILES string of the molecule is O=C(O)C=CCO.O=P(O)(O)O. The lowest BCUT2D eigenvalue weighted by molar-refractivity contribution is -0.131. The molecule has 8 heteroatoms. The predicted octanol–water partition coefficient (Wildman–Crippen LogP) is -1.31. The molecule has 5 N–H and O–H groups in total. The van der Waals surface area contributed by atoms with Crippen molar-refractivity contribution < 1.29 is 34.3 Å². The van der Waals surface area contributed by atoms with Gasteiger partial charge in [0.25, 0.3) is 0 Å². The molecule has 0 saturated carbocycles. The number of hydrogen-bond acceptors (Lipinski definition) is 3. The molecule has 0 heterocycles. The molecular formula is C4H9O7P. The lowest BCUT2D eigenvalue weighted by atomic mass is 10.5. The van der Waals surface area contributed by atoms with Crippen molar-refractivity contribution in [3.05, 3.63) is 12.2 Å². The first kappa shape index (κ1) is 13.8. The highest BCUT2D eigenvalue weighted by molar-refractivity contribution is 7.45. The van der Waals surface area contributed by atoms with E-state index in [1.807, 2.05) is 0 Å². The van der Waals surface area contributed by atoms with Gasteiger partial charge in [0.05, 0.1) is 6.61 Å². The van der Waals surface area contributed by atoms with Gasteiger partial charge in [0.1, 0.15) is 0 Å². The van der Waals surface area contributed by atoms with Crippen LogP contribution in [0, 0.1) is 0 Å². The van der Waals surface area contributed by atoms with E-state index >= 15 is 0 Å². The second-order valence-electron chi connectivity index (χ2n) is 1.44. The number of hydrogen-bond donors (Lipinski definition) is 5. The molecule has 7 nitrogen and oxygen atoms in total. The van der Waals surface area contributed by atoms with Crippen molar-refractivity contribution in [2.75, 3.05) is 6.61 Å². The fourth-order valence-corrected chi connectivity index (χ4v) is 0.154. The Morgan fingerprint density at radius 2 is 1.67 bits per heavy atom. The van der Waals surface area contributed by atoms with Gasteiger partial charge in [-0.15, -0.1) is 0 Å². The maximum absolute atomic E-state index is 9.56. The van der Waals surface area contributed by atoms with Crippen LogP contribution in [0.3, 0.4) is 0 Å². The first-order valence-electron chi connectivity index (χ1n) is 2.56. The molecule has 0 unspecified atom stereocenters. The van der Waals surface area contributed by atoms with Crippen LogP contribution >= 0.6 is 7.82 Å². The average molecular weight is 200 g/mol. The van der Waals surface area contributed by atoms with Crippen LogP contribution < -0.4 is 0 Å². The molecule has 0 rings (SSSR count). The van der Waals surface area contributed by atoms with E-state index in [2.05, 4.69) is 0 Å². The molecule has 0 radical (unpaired) electrons. The Kier molecular flexibility index (Phi) is 8.03. The third-order valence-corrected chi connectivity index (χ3v) is 0.366. The molecule has 0 aromatic heterocycles. The Hall–Kier alpha value is -0.720. The minimum Gasteiger partial charge on any atom is -0.478 e. The number of aliphatic carboxylic acids is 1. The Morgan fingerprint density at radius 1 is 1.33 bits per heavy atom. The molecule has 0 bridgehead atoms. The van der Waals surface area contributed by atoms with Crippen LogP contribution in [0.5, 0.6) is 0 Å². The Bertz CT molecular complexity index is 183. The van der Waals surface area contributed by atoms with Crippen LogP contribution in [0.25, 0.3) is 0 Å². The van der Waals surface area contributed by atoms with Crippen molar-refractivity contribution >= 4 is 13.8 Å². The standard InChI is InChI=1S/C4H6O3.H3O4P/c5-3-1-2-4(6)7;1-5(2,3)4/h1-2,5H,3H2,(H,6,7);(H3,1,2,3,4). The van der Waals surface area contributed by atoms with Crippen LogP contribution in [-0.4, -0.2) is 37.5 Å². The van der Waals surface area contributed by atoms with E-state index < -0.39 is 13.8 Å². The summed E-state index contributed by atoms with van der Waals surface area (Å²) in [6.07, 6.45) is 2.04. The first-order valence-corrected chi connectivity index (χ1v) is 4.12. The molecular weight excluding hydrogens is 191 g/mol. The first-order chi connectivity index (χ1) is 5.27. The van der Waals surface area contributed by atoms with Crippen molar-refractivity contribution in [3.8, 4) is 0 Å². The largest absolute Gasteiger partial charge is 0.478 e. The number of carboxylic acids is 1. The zero-order chi connectivity index (χ0) is 10.2. The van der Waals surface area contributed by atoms with Gasteiger partial charge in [-0.2, -0.15) is 0 Å². The quantitative estimate of drug-likeness (QED) is 0.276. The van der Waals surface area contributed by atoms with Crippen LogP contribution in [0.15, 0.2) is 12.2 Å². The van der Waals surface area contributed by atoms with Crippen LogP contribution in [0.2, 0.25) is 0 Å². The predicted molar refractivity (Wildman–Crippen MR) is 38.1 cm³/mol. The molecule has 0 aliphatic rings. The summed E-state index contributed by atoms with van der Waals surface area (Å²) in [6.45, 7) is -0.216. The lowest BCUT2D eigenvalue weighted by Gasteiger charge is -1.82. The topological polar surface area (TPSA) is 135 Å². The summed E-state index contributed by atoms with van der Waals surface area (Å²) in [5, 5.41) is 15.8. The van der Waals surface area contributed by atoms with Crippen molar-refractivity contribution in [2.45, 2.75) is 0 Å². The van der Waals surface area contributed by atoms with Gasteiger partial charge in [-0.05, 0) is 0 Å². The summed E-state index contributed by atoms with van der Waals surface area (Å²) in [5.41, 5.74) is 0. The van der Waals surface area contributed by atoms with E-state index in [9.17, 15) is 4.79 Å². The van der Waals surface area contributed by atoms with Gasteiger partial charge in [-0.1, -0.05) is 6.08 Å². The summed E-state index contributed by atoms with van der Waals surface area (Å²) >= 11 is 0. The van der Waals surface area contributed by atoms with Gasteiger partial charge in [0.15, 0.2) is 0 Å². The summed E-state index contributed by atoms with van der Waals surface area (Å²) in [7, 11) is -4.64. The van der Waals surface area contributed by atoms with Gasteiger partial charge in [0.2, 0.25) is 0 Å². The lowest BCUT2D eigenvalue weighted by Crippen LogP contribution is -1.86. The monoisotopic (exact) mass is 200 g/mol. The molecule has 0 amide bonds. The summed E-state index contributed by atoms with van der Waals surface area (Å²) in [4.78, 5) is 31.1. The zero-order valence-electron chi connectivity index (χ0n) is 5.86. The Labute approximate surface area is 67.8 Å². The van der Waals surface area contributed by atoms with Gasteiger partial charge in [-0.3, -0.25) is 0 Å². The second-order valence-corrected chi connectivity index (χ2v) is 2.46. The maximum Gasteiger partial charge on any atom is 0.466 e. The van der Waals surface area contributed by atoms with Gasteiger partial charge < -0.3 is 24.9 Å².